The van der Waals surface area contributed by atoms with Crippen LogP contribution in [0.4, 0.5) is 0 Å². The molecule has 122 valence electrons. The number of hydrogen-bond donors (Lipinski definition) is 0. The molecule has 0 aromatic heterocycles. The number of rotatable bonds is 2. The van der Waals surface area contributed by atoms with Crippen molar-refractivity contribution in [2.45, 2.75) is 25.6 Å². The van der Waals surface area contributed by atoms with Crippen LogP contribution >= 0.6 is 22.6 Å². The van der Waals surface area contributed by atoms with Crippen molar-refractivity contribution >= 4 is 28.5 Å². The van der Waals surface area contributed by atoms with Crippen LogP contribution in [0, 0.1) is 9.85 Å². The lowest BCUT2D eigenvalue weighted by Gasteiger charge is -2.32. The largest absolute Gasteiger partial charge is 0.353 e. The summed E-state index contributed by atoms with van der Waals surface area (Å²) in [5, 5.41) is 0. The highest BCUT2D eigenvalue weighted by Crippen LogP contribution is 2.32. The molecular weight excluding hydrogens is 413 g/mol. The fraction of sp³-hybridized carbons (Fsp3) is 0.250. The van der Waals surface area contributed by atoms with E-state index in [1.165, 1.54) is 0 Å². The molecular formula is C20H18INO2. The number of benzene rings is 2. The summed E-state index contributed by atoms with van der Waals surface area (Å²) in [6, 6.07) is 17.4. The maximum Gasteiger partial charge on any atom is 0.257 e. The van der Waals surface area contributed by atoms with Crippen LogP contribution in [0.15, 0.2) is 54.6 Å². The summed E-state index contributed by atoms with van der Waals surface area (Å²) in [6.45, 7) is 4.25. The Morgan fingerprint density at radius 2 is 1.83 bits per heavy atom. The van der Waals surface area contributed by atoms with E-state index in [0.29, 0.717) is 12.2 Å². The number of nitrogens with zero attached hydrogens (tertiary/aromatic N) is 1. The summed E-state index contributed by atoms with van der Waals surface area (Å²) in [5.74, 6) is 3.02. The van der Waals surface area contributed by atoms with E-state index < -0.39 is 5.72 Å². The van der Waals surface area contributed by atoms with Crippen LogP contribution in [0.1, 0.15) is 24.2 Å². The van der Waals surface area contributed by atoms with E-state index in [-0.39, 0.29) is 11.9 Å². The molecule has 0 saturated carbocycles. The zero-order valence-corrected chi connectivity index (χ0v) is 15.8. The number of hydrogen-bond acceptors (Lipinski definition) is 2. The van der Waals surface area contributed by atoms with Gasteiger partial charge < -0.3 is 4.74 Å². The average Bonchev–Trinajstić information content (AvgIpc) is 2.90. The van der Waals surface area contributed by atoms with Crippen molar-refractivity contribution in [3.63, 3.8) is 0 Å². The Bertz CT molecular complexity index is 805. The minimum Gasteiger partial charge on any atom is -0.353 e. The minimum absolute atomic E-state index is 0.0545. The normalized spacial score (nSPS) is 18.8. The molecule has 1 saturated heterocycles. The molecule has 24 heavy (non-hydrogen) atoms. The fourth-order valence-electron chi connectivity index (χ4n) is 3.03. The van der Waals surface area contributed by atoms with Crippen LogP contribution in [0.5, 0.6) is 0 Å². The predicted octanol–water partition coefficient (Wildman–Crippen LogP) is 4.33. The van der Waals surface area contributed by atoms with Gasteiger partial charge in [0.05, 0.1) is 6.61 Å². The van der Waals surface area contributed by atoms with Crippen molar-refractivity contribution in [3.05, 3.63) is 60.2 Å². The summed E-state index contributed by atoms with van der Waals surface area (Å²) in [7, 11) is 0. The van der Waals surface area contributed by atoms with Gasteiger partial charge in [0.25, 0.3) is 5.91 Å². The van der Waals surface area contributed by atoms with Crippen molar-refractivity contribution in [1.82, 2.24) is 4.90 Å². The molecule has 1 aliphatic rings. The summed E-state index contributed by atoms with van der Waals surface area (Å²) in [4.78, 5) is 15.1. The fourth-order valence-corrected chi connectivity index (χ4v) is 3.39. The molecule has 2 aromatic carbocycles. The van der Waals surface area contributed by atoms with E-state index in [2.05, 4.69) is 9.85 Å². The highest BCUT2D eigenvalue weighted by molar-refractivity contribution is 14.1. The molecule has 1 fully saturated rings. The lowest BCUT2D eigenvalue weighted by molar-refractivity contribution is -0.0390. The van der Waals surface area contributed by atoms with Gasteiger partial charge in [0, 0.05) is 28.2 Å². The minimum atomic E-state index is -0.675. The van der Waals surface area contributed by atoms with Gasteiger partial charge >= 0.3 is 0 Å². The topological polar surface area (TPSA) is 29.5 Å². The number of amides is 1. The van der Waals surface area contributed by atoms with Gasteiger partial charge in [0.1, 0.15) is 11.8 Å². The van der Waals surface area contributed by atoms with Gasteiger partial charge in [-0.05, 0) is 35.0 Å². The molecule has 4 heteroatoms. The third-order valence-electron chi connectivity index (χ3n) is 4.17. The van der Waals surface area contributed by atoms with Gasteiger partial charge in [-0.25, -0.2) is 0 Å². The Hall–Kier alpha value is -1.84. The predicted molar refractivity (Wildman–Crippen MR) is 104 cm³/mol. The van der Waals surface area contributed by atoms with Gasteiger partial charge in [0.15, 0.2) is 0 Å². The summed E-state index contributed by atoms with van der Waals surface area (Å²) < 4.78 is 8.68. The molecule has 1 unspecified atom stereocenters. The SMILES string of the molecule is CC1(C)OCC(C#CI)N1C(=O)c1ccccc1-c1ccccc1. The van der Waals surface area contributed by atoms with E-state index in [9.17, 15) is 4.79 Å². The van der Waals surface area contributed by atoms with E-state index >= 15 is 0 Å². The van der Waals surface area contributed by atoms with Crippen molar-refractivity contribution < 1.29 is 9.53 Å². The Balaban J connectivity index is 2.05. The lowest BCUT2D eigenvalue weighted by atomic mass is 9.98. The third-order valence-corrected chi connectivity index (χ3v) is 4.48. The van der Waals surface area contributed by atoms with Crippen LogP contribution in [0.25, 0.3) is 11.1 Å². The molecule has 2 aromatic rings. The average molecular weight is 431 g/mol. The van der Waals surface area contributed by atoms with E-state index in [0.717, 1.165) is 11.1 Å². The van der Waals surface area contributed by atoms with Gasteiger partial charge in [0.2, 0.25) is 0 Å². The summed E-state index contributed by atoms with van der Waals surface area (Å²) in [5.41, 5.74) is 1.94. The monoisotopic (exact) mass is 431 g/mol. The Kier molecular flexibility index (Phi) is 4.93. The zero-order valence-electron chi connectivity index (χ0n) is 13.6. The smallest absolute Gasteiger partial charge is 0.257 e. The molecule has 0 spiro atoms. The highest BCUT2D eigenvalue weighted by atomic mass is 127. The number of carbonyl (C=O) groups is 1. The standard InChI is InChI=1S/C20H18INO2/c1-20(2)22(16(12-13-21)14-24-20)19(23)18-11-7-6-10-17(18)15-8-4-3-5-9-15/h3-11,16H,14H2,1-2H3. The van der Waals surface area contributed by atoms with Crippen LogP contribution in [0.3, 0.4) is 0 Å². The third kappa shape index (κ3) is 3.19. The zero-order chi connectivity index (χ0) is 17.2. The van der Waals surface area contributed by atoms with Gasteiger partial charge in [-0.2, -0.15) is 0 Å². The molecule has 0 radical (unpaired) electrons. The molecule has 3 nitrogen and oxygen atoms in total. The van der Waals surface area contributed by atoms with Crippen LogP contribution in [-0.2, 0) is 4.74 Å². The Labute approximate surface area is 156 Å². The molecule has 1 aliphatic heterocycles. The highest BCUT2D eigenvalue weighted by Gasteiger charge is 2.43. The number of halogens is 1. The Morgan fingerprint density at radius 3 is 2.54 bits per heavy atom. The van der Waals surface area contributed by atoms with Crippen molar-refractivity contribution in [2.75, 3.05) is 6.61 Å². The van der Waals surface area contributed by atoms with Crippen molar-refractivity contribution in [1.29, 1.82) is 0 Å². The second-order valence-corrected chi connectivity index (χ2v) is 6.64. The summed E-state index contributed by atoms with van der Waals surface area (Å²) in [6.07, 6.45) is 0. The molecule has 3 rings (SSSR count). The van der Waals surface area contributed by atoms with E-state index in [1.807, 2.05) is 91.0 Å². The molecule has 0 N–H and O–H groups in total. The number of ether oxygens (including phenoxy) is 1. The molecule has 1 amide bonds. The van der Waals surface area contributed by atoms with E-state index in [1.54, 1.807) is 4.90 Å². The van der Waals surface area contributed by atoms with E-state index in [4.69, 9.17) is 4.74 Å². The second kappa shape index (κ2) is 6.96. The van der Waals surface area contributed by atoms with Gasteiger partial charge in [-0.3, -0.25) is 9.69 Å². The first-order chi connectivity index (χ1) is 11.5. The second-order valence-electron chi connectivity index (χ2n) is 6.10. The van der Waals surface area contributed by atoms with Crippen molar-refractivity contribution in [2.24, 2.45) is 0 Å². The van der Waals surface area contributed by atoms with Crippen LogP contribution < -0.4 is 0 Å². The van der Waals surface area contributed by atoms with Crippen molar-refractivity contribution in [3.8, 4) is 21.0 Å². The summed E-state index contributed by atoms with van der Waals surface area (Å²) >= 11 is 2.00. The first kappa shape index (κ1) is 17.0. The quantitative estimate of drug-likeness (QED) is 0.524. The molecule has 0 aliphatic carbocycles. The maximum absolute atomic E-state index is 13.3. The molecule has 0 bridgehead atoms. The molecule has 1 heterocycles. The van der Waals surface area contributed by atoms with Gasteiger partial charge in [-0.1, -0.05) is 54.5 Å². The lowest BCUT2D eigenvalue weighted by Crippen LogP contribution is -2.47. The number of carbonyl (C=O) groups excluding carboxylic acids is 1. The first-order valence-corrected chi connectivity index (χ1v) is 8.86. The first-order valence-electron chi connectivity index (χ1n) is 7.78. The van der Waals surface area contributed by atoms with Crippen LogP contribution in [-0.4, -0.2) is 29.2 Å². The van der Waals surface area contributed by atoms with Crippen LogP contribution in [0.2, 0.25) is 0 Å². The van der Waals surface area contributed by atoms with Gasteiger partial charge in [-0.15, -0.1) is 0 Å². The Morgan fingerprint density at radius 1 is 1.17 bits per heavy atom. The molecule has 1 atom stereocenters. The maximum atomic E-state index is 13.3.